The molecule has 2 heterocycles. The van der Waals surface area contributed by atoms with Gasteiger partial charge >= 0.3 is 0 Å². The first-order chi connectivity index (χ1) is 12.7. The fraction of sp³-hybridized carbons (Fsp3) is 0.273. The van der Waals surface area contributed by atoms with E-state index in [4.69, 9.17) is 4.98 Å². The van der Waals surface area contributed by atoms with Crippen molar-refractivity contribution in [2.24, 2.45) is 0 Å². The van der Waals surface area contributed by atoms with E-state index in [1.165, 1.54) is 18.4 Å². The summed E-state index contributed by atoms with van der Waals surface area (Å²) in [5, 5.41) is 3.92. The molecule has 1 saturated heterocycles. The zero-order valence-corrected chi connectivity index (χ0v) is 15.0. The molecule has 132 valence electrons. The van der Waals surface area contributed by atoms with Crippen LogP contribution in [0.2, 0.25) is 0 Å². The summed E-state index contributed by atoms with van der Waals surface area (Å²) in [5.74, 6) is 0.806. The molecule has 4 nitrogen and oxygen atoms in total. The standard InChI is InChI=1S/C22H23N3O/c1-2-16-9-11-17(12-10-16)23-22(26)19-15-21(25-13-5-6-14-25)24-20-8-4-3-7-18(19)20/h3-4,7-12,15H,2,5-6,13-14H2,1H3,(H,23,26). The normalized spacial score (nSPS) is 14.0. The van der Waals surface area contributed by atoms with Gasteiger partial charge in [-0.15, -0.1) is 0 Å². The molecule has 1 fully saturated rings. The number of hydrogen-bond donors (Lipinski definition) is 1. The quantitative estimate of drug-likeness (QED) is 0.748. The molecule has 26 heavy (non-hydrogen) atoms. The Morgan fingerprint density at radius 1 is 1.08 bits per heavy atom. The third kappa shape index (κ3) is 3.27. The predicted octanol–water partition coefficient (Wildman–Crippen LogP) is 4.65. The van der Waals surface area contributed by atoms with Gasteiger partial charge in [0.1, 0.15) is 5.82 Å². The van der Waals surface area contributed by atoms with Gasteiger partial charge in [-0.05, 0) is 49.1 Å². The van der Waals surface area contributed by atoms with Crippen LogP contribution in [0.1, 0.15) is 35.7 Å². The van der Waals surface area contributed by atoms with Crippen molar-refractivity contribution in [3.63, 3.8) is 0 Å². The first-order valence-electron chi connectivity index (χ1n) is 9.29. The monoisotopic (exact) mass is 345 g/mol. The SMILES string of the molecule is CCc1ccc(NC(=O)c2cc(N3CCCC3)nc3ccccc23)cc1. The average Bonchev–Trinajstić information content (AvgIpc) is 3.22. The smallest absolute Gasteiger partial charge is 0.256 e. The lowest BCUT2D eigenvalue weighted by Gasteiger charge is -2.18. The summed E-state index contributed by atoms with van der Waals surface area (Å²) in [6.45, 7) is 4.13. The maximum atomic E-state index is 13.0. The maximum absolute atomic E-state index is 13.0. The first kappa shape index (κ1) is 16.6. The molecular formula is C22H23N3O. The van der Waals surface area contributed by atoms with Gasteiger partial charge in [0.2, 0.25) is 0 Å². The number of benzene rings is 2. The number of hydrogen-bond acceptors (Lipinski definition) is 3. The number of aryl methyl sites for hydroxylation is 1. The highest BCUT2D eigenvalue weighted by Crippen LogP contribution is 2.26. The van der Waals surface area contributed by atoms with Crippen LogP contribution in [-0.4, -0.2) is 24.0 Å². The van der Waals surface area contributed by atoms with Crippen LogP contribution in [0.15, 0.2) is 54.6 Å². The highest BCUT2D eigenvalue weighted by molar-refractivity contribution is 6.13. The van der Waals surface area contributed by atoms with Crippen molar-refractivity contribution in [1.82, 2.24) is 4.98 Å². The van der Waals surface area contributed by atoms with E-state index in [9.17, 15) is 4.79 Å². The lowest BCUT2D eigenvalue weighted by Crippen LogP contribution is -2.20. The van der Waals surface area contributed by atoms with Crippen molar-refractivity contribution in [1.29, 1.82) is 0 Å². The van der Waals surface area contributed by atoms with E-state index in [2.05, 4.69) is 29.3 Å². The van der Waals surface area contributed by atoms with E-state index in [1.807, 2.05) is 42.5 Å². The summed E-state index contributed by atoms with van der Waals surface area (Å²) in [5.41, 5.74) is 3.62. The Labute approximate surface area is 153 Å². The van der Waals surface area contributed by atoms with Gasteiger partial charge < -0.3 is 10.2 Å². The second-order valence-electron chi connectivity index (χ2n) is 6.74. The van der Waals surface area contributed by atoms with Crippen molar-refractivity contribution in [2.45, 2.75) is 26.2 Å². The fourth-order valence-corrected chi connectivity index (χ4v) is 3.48. The number of anilines is 2. The Balaban J connectivity index is 1.69. The summed E-state index contributed by atoms with van der Waals surface area (Å²) in [6, 6.07) is 17.8. The van der Waals surface area contributed by atoms with Gasteiger partial charge in [0, 0.05) is 24.2 Å². The third-order valence-corrected chi connectivity index (χ3v) is 5.00. The molecule has 0 bridgehead atoms. The van der Waals surface area contributed by atoms with Gasteiger partial charge in [-0.3, -0.25) is 4.79 Å². The van der Waals surface area contributed by atoms with Crippen molar-refractivity contribution in [3.05, 3.63) is 65.7 Å². The van der Waals surface area contributed by atoms with E-state index in [1.54, 1.807) is 0 Å². The van der Waals surface area contributed by atoms with Gasteiger partial charge in [0.25, 0.3) is 5.91 Å². The van der Waals surface area contributed by atoms with Crippen molar-refractivity contribution >= 4 is 28.3 Å². The molecule has 4 rings (SSSR count). The summed E-state index contributed by atoms with van der Waals surface area (Å²) in [7, 11) is 0. The minimum atomic E-state index is -0.0895. The number of para-hydroxylation sites is 1. The van der Waals surface area contributed by atoms with E-state index >= 15 is 0 Å². The molecule has 0 spiro atoms. The van der Waals surface area contributed by atoms with Crippen LogP contribution in [0.5, 0.6) is 0 Å². The predicted molar refractivity (Wildman–Crippen MR) is 107 cm³/mol. The van der Waals surface area contributed by atoms with Gasteiger partial charge in [-0.1, -0.05) is 37.3 Å². The lowest BCUT2D eigenvalue weighted by atomic mass is 10.1. The molecule has 2 aromatic carbocycles. The number of fused-ring (bicyclic) bond motifs is 1. The molecule has 1 N–H and O–H groups in total. The van der Waals surface area contributed by atoms with E-state index in [-0.39, 0.29) is 5.91 Å². The first-order valence-corrected chi connectivity index (χ1v) is 9.29. The number of pyridine rings is 1. The largest absolute Gasteiger partial charge is 0.357 e. The van der Waals surface area contributed by atoms with Gasteiger partial charge in [-0.2, -0.15) is 0 Å². The maximum Gasteiger partial charge on any atom is 0.256 e. The Morgan fingerprint density at radius 3 is 2.54 bits per heavy atom. The molecule has 0 aliphatic carbocycles. The van der Waals surface area contributed by atoms with Crippen LogP contribution in [0.3, 0.4) is 0 Å². The average molecular weight is 345 g/mol. The van der Waals surface area contributed by atoms with Crippen molar-refractivity contribution in [2.75, 3.05) is 23.3 Å². The number of nitrogens with one attached hydrogen (secondary N) is 1. The summed E-state index contributed by atoms with van der Waals surface area (Å²) < 4.78 is 0. The topological polar surface area (TPSA) is 45.2 Å². The summed E-state index contributed by atoms with van der Waals surface area (Å²) >= 11 is 0. The van der Waals surface area contributed by atoms with E-state index < -0.39 is 0 Å². The van der Waals surface area contributed by atoms with Crippen LogP contribution >= 0.6 is 0 Å². The molecule has 1 amide bonds. The molecule has 1 aromatic heterocycles. The molecule has 0 radical (unpaired) electrons. The van der Waals surface area contributed by atoms with E-state index in [0.717, 1.165) is 41.9 Å². The van der Waals surface area contributed by atoms with Gasteiger partial charge in [-0.25, -0.2) is 4.98 Å². The Hall–Kier alpha value is -2.88. The van der Waals surface area contributed by atoms with Crippen LogP contribution in [0.25, 0.3) is 10.9 Å². The van der Waals surface area contributed by atoms with Gasteiger partial charge in [0.15, 0.2) is 0 Å². The second-order valence-corrected chi connectivity index (χ2v) is 6.74. The Bertz CT molecular complexity index is 928. The molecule has 0 saturated carbocycles. The molecule has 3 aromatic rings. The molecule has 1 aliphatic rings. The van der Waals surface area contributed by atoms with E-state index in [0.29, 0.717) is 5.56 Å². The zero-order chi connectivity index (χ0) is 17.9. The minimum Gasteiger partial charge on any atom is -0.357 e. The van der Waals surface area contributed by atoms with Crippen molar-refractivity contribution < 1.29 is 4.79 Å². The highest BCUT2D eigenvalue weighted by atomic mass is 16.1. The van der Waals surface area contributed by atoms with Crippen molar-refractivity contribution in [3.8, 4) is 0 Å². The highest BCUT2D eigenvalue weighted by Gasteiger charge is 2.18. The van der Waals surface area contributed by atoms with Crippen LogP contribution < -0.4 is 10.2 Å². The number of nitrogens with zero attached hydrogens (tertiary/aromatic N) is 2. The number of rotatable bonds is 4. The molecule has 0 unspecified atom stereocenters. The summed E-state index contributed by atoms with van der Waals surface area (Å²) in [4.78, 5) is 20.0. The molecular weight excluding hydrogens is 322 g/mol. The minimum absolute atomic E-state index is 0.0895. The fourth-order valence-electron chi connectivity index (χ4n) is 3.48. The third-order valence-electron chi connectivity index (χ3n) is 5.00. The molecule has 1 aliphatic heterocycles. The number of carbonyl (C=O) groups is 1. The van der Waals surface area contributed by atoms with Crippen LogP contribution in [-0.2, 0) is 6.42 Å². The van der Waals surface area contributed by atoms with Crippen LogP contribution in [0.4, 0.5) is 11.5 Å². The van der Waals surface area contributed by atoms with Gasteiger partial charge in [0.05, 0.1) is 11.1 Å². The Kier molecular flexibility index (Phi) is 4.57. The number of carbonyl (C=O) groups excluding carboxylic acids is 1. The zero-order valence-electron chi connectivity index (χ0n) is 15.0. The number of aromatic nitrogens is 1. The number of amides is 1. The lowest BCUT2D eigenvalue weighted by molar-refractivity contribution is 0.102. The molecule has 0 atom stereocenters. The second kappa shape index (κ2) is 7.16. The van der Waals surface area contributed by atoms with Crippen LogP contribution in [0, 0.1) is 0 Å². The Morgan fingerprint density at radius 2 is 1.81 bits per heavy atom. The summed E-state index contributed by atoms with van der Waals surface area (Å²) in [6.07, 6.45) is 3.35. The molecule has 4 heteroatoms.